The Balaban J connectivity index is 0.0000116. The topological polar surface area (TPSA) is 72.8 Å². The predicted octanol–water partition coefficient (Wildman–Crippen LogP) is 11.3. The van der Waals surface area contributed by atoms with Crippen LogP contribution in [0.5, 0.6) is 17.2 Å². The molecule has 0 aliphatic heterocycles. The lowest BCUT2D eigenvalue weighted by Gasteiger charge is -2.35. The zero-order chi connectivity index (χ0) is 41.1. The van der Waals surface area contributed by atoms with Crippen molar-refractivity contribution in [3.05, 3.63) is 52.1 Å². The van der Waals surface area contributed by atoms with E-state index in [1.54, 1.807) is 32.2 Å². The van der Waals surface area contributed by atoms with Gasteiger partial charge in [-0.3, -0.25) is 9.59 Å². The average Bonchev–Trinajstić information content (AvgIpc) is 3.19. The summed E-state index contributed by atoms with van der Waals surface area (Å²) in [5.41, 5.74) is 1.51. The minimum atomic E-state index is -0.378. The van der Waals surface area contributed by atoms with Gasteiger partial charge in [-0.1, -0.05) is 168 Å². The van der Waals surface area contributed by atoms with Crippen LogP contribution >= 0.6 is 0 Å². The van der Waals surface area contributed by atoms with Gasteiger partial charge < -0.3 is 36.0 Å². The number of ether oxygens (including phenoxy) is 2. The van der Waals surface area contributed by atoms with Crippen molar-refractivity contribution in [1.29, 1.82) is 0 Å². The van der Waals surface area contributed by atoms with E-state index >= 15 is 0 Å². The Hall–Kier alpha value is -2.38. The Morgan fingerprint density at radius 2 is 0.914 bits per heavy atom. The Labute approximate surface area is 366 Å². The molecule has 0 aromatic heterocycles. The highest BCUT2D eigenvalue weighted by Crippen LogP contribution is 2.40. The Bertz CT molecular complexity index is 1410. The molecule has 6 nitrogen and oxygen atoms in total. The molecule has 3 rings (SSSR count). The number of fused-ring (bicyclic) bond motifs is 2. The number of carbonyl (C=O) groups is 2. The van der Waals surface area contributed by atoms with E-state index in [1.807, 2.05) is 0 Å². The fraction of sp³-hybridized carbons (Fsp3) is 0.725. The third kappa shape index (κ3) is 18.9. The maximum atomic E-state index is 13.8. The predicted molar refractivity (Wildman–Crippen MR) is 240 cm³/mol. The van der Waals surface area contributed by atoms with Crippen LogP contribution in [0.3, 0.4) is 0 Å². The van der Waals surface area contributed by atoms with Gasteiger partial charge in [0, 0.05) is 17.2 Å². The van der Waals surface area contributed by atoms with E-state index in [-0.39, 0.29) is 56.6 Å². The first-order valence-corrected chi connectivity index (χ1v) is 23.9. The number of aryl methyl sites for hydroxylation is 1. The molecule has 0 radical (unpaired) electrons. The summed E-state index contributed by atoms with van der Waals surface area (Å²) in [6.07, 6.45) is 38.1. The van der Waals surface area contributed by atoms with Gasteiger partial charge >= 0.3 is 0 Å². The lowest BCUT2D eigenvalue weighted by atomic mass is 9.82. The summed E-state index contributed by atoms with van der Waals surface area (Å²) >= 11 is 0. The van der Waals surface area contributed by atoms with Gasteiger partial charge in [0.15, 0.2) is 5.78 Å². The van der Waals surface area contributed by atoms with E-state index in [0.717, 1.165) is 29.7 Å². The fourth-order valence-electron chi connectivity index (χ4n) is 8.78. The Morgan fingerprint density at radius 1 is 0.517 bits per heavy atom. The van der Waals surface area contributed by atoms with E-state index in [4.69, 9.17) is 9.47 Å². The van der Waals surface area contributed by atoms with Gasteiger partial charge in [-0.05, 0) is 56.4 Å². The van der Waals surface area contributed by atoms with Gasteiger partial charge in [-0.15, -0.1) is 0 Å². The van der Waals surface area contributed by atoms with Crippen LogP contribution in [0.25, 0.3) is 0 Å². The highest BCUT2D eigenvalue weighted by molar-refractivity contribution is 6.30. The summed E-state index contributed by atoms with van der Waals surface area (Å²) in [6, 6.07) is 6.55. The lowest BCUT2D eigenvalue weighted by Crippen LogP contribution is -3.00. The number of phenols is 1. The molecule has 2 aromatic carbocycles. The van der Waals surface area contributed by atoms with Crippen LogP contribution in [0.4, 0.5) is 0 Å². The minimum absolute atomic E-state index is 0. The molecule has 0 atom stereocenters. The van der Waals surface area contributed by atoms with Crippen LogP contribution in [-0.2, 0) is 0 Å². The normalized spacial score (nSPS) is 12.4. The number of quaternary nitrogens is 1. The monoisotopic (exact) mass is 870 g/mol. The fourth-order valence-corrected chi connectivity index (χ4v) is 8.78. The molecule has 0 unspecified atom stereocenters. The largest absolute Gasteiger partial charge is 1.00 e. The summed E-state index contributed by atoms with van der Waals surface area (Å²) in [5.74, 6) is -0.00287. The quantitative estimate of drug-likeness (QED) is 0.0471. The van der Waals surface area contributed by atoms with Gasteiger partial charge in [0.25, 0.3) is 0 Å². The zero-order valence-corrected chi connectivity index (χ0v) is 39.4. The zero-order valence-electron chi connectivity index (χ0n) is 37.8. The molecule has 58 heavy (non-hydrogen) atoms. The number of ketones is 2. The maximum Gasteiger partial charge on any atom is 0.201 e. The lowest BCUT2D eigenvalue weighted by molar-refractivity contribution is -0.910. The Kier molecular flexibility index (Phi) is 27.3. The highest BCUT2D eigenvalue weighted by Gasteiger charge is 2.36. The number of phenolic OH excluding ortho intramolecular Hbond substituents is 1. The molecule has 0 bridgehead atoms. The number of carbonyl (C=O) groups excluding carboxylic acids is 2. The molecule has 0 amide bonds. The number of unbranched alkanes of at least 4 members (excludes halogenated alkanes) is 26. The molecule has 0 spiro atoms. The number of nitrogens with zero attached hydrogens (tertiary/aromatic N) is 1. The van der Waals surface area contributed by atoms with Crippen LogP contribution in [0.1, 0.15) is 231 Å². The van der Waals surface area contributed by atoms with Crippen molar-refractivity contribution >= 4 is 11.6 Å². The van der Waals surface area contributed by atoms with Crippen LogP contribution < -0.4 is 26.5 Å². The van der Waals surface area contributed by atoms with Crippen LogP contribution in [0.2, 0.25) is 0 Å². The number of hydrogen-bond acceptors (Lipinski definition) is 5. The van der Waals surface area contributed by atoms with Crippen molar-refractivity contribution < 1.29 is 45.6 Å². The smallest absolute Gasteiger partial charge is 0.201 e. The molecule has 0 fully saturated rings. The van der Waals surface area contributed by atoms with Gasteiger partial charge in [0.1, 0.15) is 30.4 Å². The van der Waals surface area contributed by atoms with Gasteiger partial charge in [0.05, 0.1) is 38.4 Å². The molecule has 0 saturated heterocycles. The standard InChI is InChI=1S/C51H83NO5.BrH/c1-6-8-10-12-14-16-18-20-22-24-26-28-30-32-34-52(4,35-33-31-29-27-25-23-21-19-17-15-13-11-9-7-2)36-37-57-47-41-43(56-5)40-45-49(47)51(55)48-44(50(45)54)38-42(3)39-46(48)53;/h38-41H,6-37H2,1-5H3;1H. The first-order chi connectivity index (χ1) is 27.7. The van der Waals surface area contributed by atoms with Crippen molar-refractivity contribution in [2.75, 3.05) is 40.4 Å². The number of aromatic hydroxyl groups is 1. The maximum absolute atomic E-state index is 13.8. The Morgan fingerprint density at radius 3 is 1.33 bits per heavy atom. The highest BCUT2D eigenvalue weighted by atomic mass is 79.9. The molecule has 1 aliphatic rings. The second-order valence-corrected chi connectivity index (χ2v) is 17.7. The van der Waals surface area contributed by atoms with Crippen molar-refractivity contribution in [2.45, 2.75) is 201 Å². The molecule has 0 saturated carbocycles. The molecule has 0 heterocycles. The second kappa shape index (κ2) is 30.6. The minimum Gasteiger partial charge on any atom is -1.00 e. The molecular weight excluding hydrogens is 786 g/mol. The van der Waals surface area contributed by atoms with Gasteiger partial charge in [-0.25, -0.2) is 0 Å². The molecule has 1 aliphatic carbocycles. The van der Waals surface area contributed by atoms with Crippen molar-refractivity contribution in [3.63, 3.8) is 0 Å². The van der Waals surface area contributed by atoms with E-state index in [1.165, 1.54) is 186 Å². The van der Waals surface area contributed by atoms with Gasteiger partial charge in [-0.2, -0.15) is 0 Å². The molecule has 330 valence electrons. The number of likely N-dealkylation sites (N-methyl/N-ethyl adjacent to an activating group) is 1. The summed E-state index contributed by atoms with van der Waals surface area (Å²) in [6.45, 7) is 9.88. The molecule has 2 aromatic rings. The summed E-state index contributed by atoms with van der Waals surface area (Å²) in [4.78, 5) is 27.5. The number of rotatable bonds is 35. The van der Waals surface area contributed by atoms with Gasteiger partial charge in [0.2, 0.25) is 5.78 Å². The number of methoxy groups -OCH3 is 1. The van der Waals surface area contributed by atoms with E-state index in [9.17, 15) is 14.7 Å². The van der Waals surface area contributed by atoms with Crippen LogP contribution in [0.15, 0.2) is 24.3 Å². The third-order valence-corrected chi connectivity index (χ3v) is 12.5. The first kappa shape index (κ1) is 51.8. The number of hydrogen-bond donors (Lipinski definition) is 1. The van der Waals surface area contributed by atoms with Crippen LogP contribution in [0, 0.1) is 6.92 Å². The molecule has 7 heteroatoms. The van der Waals surface area contributed by atoms with E-state index < -0.39 is 0 Å². The van der Waals surface area contributed by atoms with Crippen molar-refractivity contribution in [2.24, 2.45) is 0 Å². The average molecular weight is 871 g/mol. The summed E-state index contributed by atoms with van der Waals surface area (Å²) < 4.78 is 12.9. The SMILES string of the molecule is CCCCCCCCCCCCCCCC[N+](C)(CCCCCCCCCCCCCCCC)CCOc1cc(OC)cc2c1C(=O)c1c(O)cc(C)cc1C2=O.[Br-]. The number of benzene rings is 2. The van der Waals surface area contributed by atoms with Crippen molar-refractivity contribution in [3.8, 4) is 17.2 Å². The number of halogens is 1. The molecule has 1 N–H and O–H groups in total. The van der Waals surface area contributed by atoms with Crippen LogP contribution in [-0.4, -0.2) is 61.6 Å². The second-order valence-electron chi connectivity index (χ2n) is 17.7. The molecular formula is C51H84BrNO5. The third-order valence-electron chi connectivity index (χ3n) is 12.5. The van der Waals surface area contributed by atoms with E-state index in [0.29, 0.717) is 18.1 Å². The summed E-state index contributed by atoms with van der Waals surface area (Å²) in [7, 11) is 3.94. The van der Waals surface area contributed by atoms with Crippen molar-refractivity contribution in [1.82, 2.24) is 0 Å². The summed E-state index contributed by atoms with van der Waals surface area (Å²) in [5, 5.41) is 10.7. The first-order valence-electron chi connectivity index (χ1n) is 23.9. The van der Waals surface area contributed by atoms with E-state index in [2.05, 4.69) is 20.9 Å².